The van der Waals surface area contributed by atoms with Gasteiger partial charge in [0.25, 0.3) is 5.91 Å². The Morgan fingerprint density at radius 1 is 1.00 bits per heavy atom. The van der Waals surface area contributed by atoms with E-state index in [-0.39, 0.29) is 11.8 Å². The molecule has 1 aromatic heterocycles. The van der Waals surface area contributed by atoms with Gasteiger partial charge in [-0.1, -0.05) is 6.07 Å². The molecule has 2 N–H and O–H groups in total. The number of carbonyl (C=O) groups excluding carboxylic acids is 2. The van der Waals surface area contributed by atoms with Gasteiger partial charge in [0.2, 0.25) is 5.91 Å². The fourth-order valence-corrected chi connectivity index (χ4v) is 2.94. The molecule has 2 aromatic rings. The van der Waals surface area contributed by atoms with Crippen molar-refractivity contribution in [3.63, 3.8) is 0 Å². The summed E-state index contributed by atoms with van der Waals surface area (Å²) in [5.41, 5.74) is 1.53. The van der Waals surface area contributed by atoms with Crippen molar-refractivity contribution in [3.05, 3.63) is 41.9 Å². The molecule has 1 aromatic carbocycles. The summed E-state index contributed by atoms with van der Waals surface area (Å²) in [6, 6.07) is 8.72. The average molecular weight is 368 g/mol. The van der Waals surface area contributed by atoms with Gasteiger partial charge in [-0.25, -0.2) is 9.97 Å². The van der Waals surface area contributed by atoms with E-state index < -0.39 is 0 Å². The number of aryl methyl sites for hydroxylation is 1. The largest absolute Gasteiger partial charge is 0.354 e. The number of rotatable bonds is 4. The van der Waals surface area contributed by atoms with Crippen LogP contribution in [0.4, 0.5) is 17.2 Å². The third-order valence-corrected chi connectivity index (χ3v) is 4.33. The lowest BCUT2D eigenvalue weighted by molar-refractivity contribution is -0.114. The zero-order chi connectivity index (χ0) is 19.4. The summed E-state index contributed by atoms with van der Waals surface area (Å²) in [6.07, 6.45) is 0. The molecule has 2 amide bonds. The molecule has 0 unspecified atom stereocenters. The maximum Gasteiger partial charge on any atom is 0.274 e. The molecule has 2 heterocycles. The molecular weight excluding hydrogens is 344 g/mol. The highest BCUT2D eigenvalue weighted by Crippen LogP contribution is 2.18. The van der Waals surface area contributed by atoms with E-state index in [1.54, 1.807) is 37.3 Å². The Balaban J connectivity index is 1.76. The van der Waals surface area contributed by atoms with Crippen molar-refractivity contribution in [1.29, 1.82) is 0 Å². The van der Waals surface area contributed by atoms with Crippen LogP contribution in [-0.2, 0) is 4.79 Å². The molecule has 0 spiro atoms. The van der Waals surface area contributed by atoms with Crippen LogP contribution >= 0.6 is 0 Å². The van der Waals surface area contributed by atoms with Crippen LogP contribution in [0.3, 0.4) is 0 Å². The summed E-state index contributed by atoms with van der Waals surface area (Å²) in [4.78, 5) is 37.1. The zero-order valence-corrected chi connectivity index (χ0v) is 15.8. The maximum atomic E-state index is 12.7. The van der Waals surface area contributed by atoms with Crippen LogP contribution < -0.4 is 15.5 Å². The topological polar surface area (TPSA) is 90.5 Å². The monoisotopic (exact) mass is 368 g/mol. The Labute approximate surface area is 158 Å². The zero-order valence-electron chi connectivity index (χ0n) is 15.8. The lowest BCUT2D eigenvalue weighted by Gasteiger charge is -2.33. The lowest BCUT2D eigenvalue weighted by Crippen LogP contribution is -2.45. The van der Waals surface area contributed by atoms with Crippen LogP contribution in [0, 0.1) is 6.92 Å². The first-order valence-electron chi connectivity index (χ1n) is 8.89. The summed E-state index contributed by atoms with van der Waals surface area (Å²) >= 11 is 0. The standard InChI is InChI=1S/C19H24N6O2/c1-13-20-17(12-18(21-13)25-9-7-24(3)8-10-25)19(27)23-16-6-4-5-15(11-16)22-14(2)26/h4-6,11-12H,7-10H2,1-3H3,(H,22,26)(H,23,27). The second-order valence-electron chi connectivity index (χ2n) is 6.67. The fraction of sp³-hybridized carbons (Fsp3) is 0.368. The predicted molar refractivity (Wildman–Crippen MR) is 105 cm³/mol. The number of anilines is 3. The van der Waals surface area contributed by atoms with Crippen molar-refractivity contribution < 1.29 is 9.59 Å². The van der Waals surface area contributed by atoms with Crippen LogP contribution in [0.1, 0.15) is 23.2 Å². The molecule has 3 rings (SSSR count). The molecule has 142 valence electrons. The Hall–Kier alpha value is -3.00. The van der Waals surface area contributed by atoms with Crippen LogP contribution in [0.15, 0.2) is 30.3 Å². The minimum atomic E-state index is -0.309. The SMILES string of the molecule is CC(=O)Nc1cccc(NC(=O)c2cc(N3CCN(C)CC3)nc(C)n2)c1. The molecule has 8 nitrogen and oxygen atoms in total. The summed E-state index contributed by atoms with van der Waals surface area (Å²) < 4.78 is 0. The third-order valence-electron chi connectivity index (χ3n) is 4.33. The number of carbonyl (C=O) groups is 2. The van der Waals surface area contributed by atoms with E-state index >= 15 is 0 Å². The first-order valence-corrected chi connectivity index (χ1v) is 8.89. The van der Waals surface area contributed by atoms with Gasteiger partial charge in [0.15, 0.2) is 0 Å². The van der Waals surface area contributed by atoms with Crippen molar-refractivity contribution in [1.82, 2.24) is 14.9 Å². The molecule has 0 saturated carbocycles. The van der Waals surface area contributed by atoms with Gasteiger partial charge < -0.3 is 20.4 Å². The molecule has 0 radical (unpaired) electrons. The second kappa shape index (κ2) is 8.13. The van der Waals surface area contributed by atoms with E-state index in [4.69, 9.17) is 0 Å². The summed E-state index contributed by atoms with van der Waals surface area (Å²) in [7, 11) is 2.09. The number of nitrogens with zero attached hydrogens (tertiary/aromatic N) is 4. The number of amides is 2. The Morgan fingerprint density at radius 3 is 2.33 bits per heavy atom. The van der Waals surface area contributed by atoms with E-state index in [1.165, 1.54) is 6.92 Å². The van der Waals surface area contributed by atoms with Gasteiger partial charge in [0.05, 0.1) is 0 Å². The summed E-state index contributed by atoms with van der Waals surface area (Å²) in [5.74, 6) is 0.855. The predicted octanol–water partition coefficient (Wildman–Crippen LogP) is 1.75. The van der Waals surface area contributed by atoms with E-state index in [0.717, 1.165) is 32.0 Å². The molecule has 0 aliphatic carbocycles. The first-order chi connectivity index (χ1) is 12.9. The average Bonchev–Trinajstić information content (AvgIpc) is 2.61. The number of nitrogens with one attached hydrogen (secondary N) is 2. The molecule has 1 aliphatic heterocycles. The normalized spacial score (nSPS) is 14.7. The highest BCUT2D eigenvalue weighted by Gasteiger charge is 2.18. The van der Waals surface area contributed by atoms with Crippen LogP contribution in [0.5, 0.6) is 0 Å². The second-order valence-corrected chi connectivity index (χ2v) is 6.67. The van der Waals surface area contributed by atoms with Crippen LogP contribution in [0.2, 0.25) is 0 Å². The van der Waals surface area contributed by atoms with Gasteiger partial charge in [0, 0.05) is 50.5 Å². The van der Waals surface area contributed by atoms with Crippen LogP contribution in [-0.4, -0.2) is 59.9 Å². The van der Waals surface area contributed by atoms with Crippen molar-refractivity contribution in [2.75, 3.05) is 48.8 Å². The lowest BCUT2D eigenvalue weighted by atomic mass is 10.2. The van der Waals surface area contributed by atoms with Gasteiger partial charge in [-0.3, -0.25) is 9.59 Å². The summed E-state index contributed by atoms with van der Waals surface area (Å²) in [5, 5.41) is 5.53. The Bertz CT molecular complexity index is 846. The van der Waals surface area contributed by atoms with Crippen LogP contribution in [0.25, 0.3) is 0 Å². The minimum Gasteiger partial charge on any atom is -0.354 e. The highest BCUT2D eigenvalue weighted by molar-refractivity contribution is 6.03. The minimum absolute atomic E-state index is 0.165. The fourth-order valence-electron chi connectivity index (χ4n) is 2.94. The van der Waals surface area contributed by atoms with Crippen molar-refractivity contribution >= 4 is 29.0 Å². The molecule has 1 saturated heterocycles. The van der Waals surface area contributed by atoms with E-state index in [0.29, 0.717) is 22.9 Å². The molecule has 0 atom stereocenters. The molecule has 1 aliphatic rings. The molecule has 1 fully saturated rings. The van der Waals surface area contributed by atoms with Crippen molar-refractivity contribution in [2.24, 2.45) is 0 Å². The van der Waals surface area contributed by atoms with Crippen molar-refractivity contribution in [2.45, 2.75) is 13.8 Å². The number of benzene rings is 1. The number of likely N-dealkylation sites (N-methyl/N-ethyl adjacent to an activating group) is 1. The van der Waals surface area contributed by atoms with Gasteiger partial charge in [0.1, 0.15) is 17.3 Å². The number of piperazine rings is 1. The summed E-state index contributed by atoms with van der Waals surface area (Å²) in [6.45, 7) is 6.88. The highest BCUT2D eigenvalue weighted by atomic mass is 16.2. The third kappa shape index (κ3) is 5.01. The molecule has 0 bridgehead atoms. The van der Waals surface area contributed by atoms with Crippen molar-refractivity contribution in [3.8, 4) is 0 Å². The molecule has 27 heavy (non-hydrogen) atoms. The maximum absolute atomic E-state index is 12.7. The quantitative estimate of drug-likeness (QED) is 0.854. The number of hydrogen-bond acceptors (Lipinski definition) is 6. The molecular formula is C19H24N6O2. The first kappa shape index (κ1) is 18.8. The number of aromatic nitrogens is 2. The van der Waals surface area contributed by atoms with Gasteiger partial charge in [-0.2, -0.15) is 0 Å². The molecule has 8 heteroatoms. The van der Waals surface area contributed by atoms with E-state index in [2.05, 4.69) is 37.4 Å². The Morgan fingerprint density at radius 2 is 1.67 bits per heavy atom. The smallest absolute Gasteiger partial charge is 0.274 e. The van der Waals surface area contributed by atoms with Gasteiger partial charge in [-0.15, -0.1) is 0 Å². The number of hydrogen-bond donors (Lipinski definition) is 2. The van der Waals surface area contributed by atoms with E-state index in [1.807, 2.05) is 0 Å². The van der Waals surface area contributed by atoms with Gasteiger partial charge in [-0.05, 0) is 32.2 Å². The Kier molecular flexibility index (Phi) is 5.66. The van der Waals surface area contributed by atoms with E-state index in [9.17, 15) is 9.59 Å². The van der Waals surface area contributed by atoms with Gasteiger partial charge >= 0.3 is 0 Å².